The third-order valence-electron chi connectivity index (χ3n) is 1.85. The Morgan fingerprint density at radius 2 is 2.00 bits per heavy atom. The van der Waals surface area contributed by atoms with Crippen LogP contribution in [0.4, 0.5) is 0 Å². The molecule has 0 amide bonds. The van der Waals surface area contributed by atoms with Gasteiger partial charge in [0.15, 0.2) is 0 Å². The molecule has 0 atom stereocenters. The molecule has 1 aromatic heterocycles. The van der Waals surface area contributed by atoms with Crippen LogP contribution in [-0.4, -0.2) is 24.1 Å². The highest BCUT2D eigenvalue weighted by Gasteiger charge is 2.18. The lowest BCUT2D eigenvalue weighted by atomic mass is 10.3. The number of carbonyl (C=O) groups is 1. The summed E-state index contributed by atoms with van der Waals surface area (Å²) in [7, 11) is -1.44. The molecule has 0 aromatic carbocycles. The Labute approximate surface area is 78.4 Å². The zero-order chi connectivity index (χ0) is 10.1. The predicted molar refractivity (Wildman–Crippen MR) is 54.2 cm³/mol. The molecular weight excluding hydrogens is 182 g/mol. The first kappa shape index (κ1) is 9.92. The van der Waals surface area contributed by atoms with Crippen molar-refractivity contribution < 1.29 is 9.90 Å². The van der Waals surface area contributed by atoms with Gasteiger partial charge in [0.2, 0.25) is 0 Å². The zero-order valence-electron chi connectivity index (χ0n) is 8.03. The maximum atomic E-state index is 10.7. The van der Waals surface area contributed by atoms with Crippen molar-refractivity contribution in [1.29, 1.82) is 0 Å². The fourth-order valence-corrected chi connectivity index (χ4v) is 2.02. The van der Waals surface area contributed by atoms with E-state index in [1.54, 1.807) is 12.3 Å². The van der Waals surface area contributed by atoms with E-state index in [1.165, 1.54) is 6.20 Å². The van der Waals surface area contributed by atoms with E-state index in [9.17, 15) is 4.79 Å². The summed E-state index contributed by atoms with van der Waals surface area (Å²) in [6, 6.07) is 1.72. The molecular formula is C9H13NO2Si. The molecule has 0 saturated carbocycles. The second kappa shape index (κ2) is 3.30. The first-order valence-electron chi connectivity index (χ1n) is 4.10. The Morgan fingerprint density at radius 1 is 1.38 bits per heavy atom. The molecule has 1 aromatic rings. The number of nitrogens with zero attached hydrogens (tertiary/aromatic N) is 1. The van der Waals surface area contributed by atoms with E-state index in [1.807, 2.05) is 0 Å². The van der Waals surface area contributed by atoms with Crippen LogP contribution in [0.15, 0.2) is 18.5 Å². The lowest BCUT2D eigenvalue weighted by Crippen LogP contribution is -2.38. The Bertz CT molecular complexity index is 331. The molecule has 1 heterocycles. The molecule has 1 rings (SSSR count). The monoisotopic (exact) mass is 195 g/mol. The van der Waals surface area contributed by atoms with Crippen molar-refractivity contribution in [2.24, 2.45) is 0 Å². The summed E-state index contributed by atoms with van der Waals surface area (Å²) in [5.41, 5.74) is 0.278. The standard InChI is InChI=1S/C9H13NO2Si/c1-13(2,3)8-4-7(9(11)12)5-10-6-8/h4-6H,1-3H3,(H,11,12). The molecule has 0 bridgehead atoms. The fraction of sp³-hybridized carbons (Fsp3) is 0.333. The molecule has 0 aliphatic carbocycles. The quantitative estimate of drug-likeness (QED) is 0.724. The van der Waals surface area contributed by atoms with Crippen LogP contribution < -0.4 is 5.19 Å². The highest BCUT2D eigenvalue weighted by atomic mass is 28.3. The molecule has 0 radical (unpaired) electrons. The third kappa shape index (κ3) is 2.38. The number of carboxylic acid groups (broad SMARTS) is 1. The number of aromatic nitrogens is 1. The Hall–Kier alpha value is -1.16. The number of hydrogen-bond acceptors (Lipinski definition) is 2. The van der Waals surface area contributed by atoms with Gasteiger partial charge in [0.25, 0.3) is 0 Å². The molecule has 3 nitrogen and oxygen atoms in total. The van der Waals surface area contributed by atoms with Gasteiger partial charge in [-0.1, -0.05) is 19.6 Å². The van der Waals surface area contributed by atoms with Gasteiger partial charge in [0.05, 0.1) is 13.6 Å². The van der Waals surface area contributed by atoms with Crippen LogP contribution in [0.25, 0.3) is 0 Å². The maximum absolute atomic E-state index is 10.7. The Morgan fingerprint density at radius 3 is 2.46 bits per heavy atom. The topological polar surface area (TPSA) is 50.2 Å². The number of pyridine rings is 1. The average Bonchev–Trinajstić information content (AvgIpc) is 2.03. The summed E-state index contributed by atoms with van der Waals surface area (Å²) in [6.07, 6.45) is 3.14. The van der Waals surface area contributed by atoms with Crippen molar-refractivity contribution in [3.63, 3.8) is 0 Å². The van der Waals surface area contributed by atoms with Crippen molar-refractivity contribution in [2.45, 2.75) is 19.6 Å². The predicted octanol–water partition coefficient (Wildman–Crippen LogP) is 1.32. The van der Waals surface area contributed by atoms with Gasteiger partial charge in [0, 0.05) is 12.4 Å². The van der Waals surface area contributed by atoms with Crippen LogP contribution in [0.5, 0.6) is 0 Å². The Kier molecular flexibility index (Phi) is 2.52. The van der Waals surface area contributed by atoms with E-state index in [0.717, 1.165) is 5.19 Å². The van der Waals surface area contributed by atoms with Gasteiger partial charge in [0.1, 0.15) is 0 Å². The average molecular weight is 195 g/mol. The van der Waals surface area contributed by atoms with E-state index < -0.39 is 14.0 Å². The van der Waals surface area contributed by atoms with Crippen LogP contribution in [0.1, 0.15) is 10.4 Å². The zero-order valence-corrected chi connectivity index (χ0v) is 9.03. The number of hydrogen-bond donors (Lipinski definition) is 1. The molecule has 4 heteroatoms. The lowest BCUT2D eigenvalue weighted by molar-refractivity contribution is 0.0696. The summed E-state index contributed by atoms with van der Waals surface area (Å²) < 4.78 is 0. The molecule has 0 fully saturated rings. The van der Waals surface area contributed by atoms with E-state index in [2.05, 4.69) is 24.6 Å². The number of carboxylic acids is 1. The maximum Gasteiger partial charge on any atom is 0.337 e. The van der Waals surface area contributed by atoms with Crippen molar-refractivity contribution in [1.82, 2.24) is 4.98 Å². The molecule has 0 saturated heterocycles. The van der Waals surface area contributed by atoms with Crippen molar-refractivity contribution in [3.05, 3.63) is 24.0 Å². The van der Waals surface area contributed by atoms with Gasteiger partial charge < -0.3 is 5.11 Å². The largest absolute Gasteiger partial charge is 0.478 e. The minimum Gasteiger partial charge on any atom is -0.478 e. The minimum absolute atomic E-state index is 0.278. The van der Waals surface area contributed by atoms with E-state index >= 15 is 0 Å². The van der Waals surface area contributed by atoms with Crippen LogP contribution in [0.2, 0.25) is 19.6 Å². The van der Waals surface area contributed by atoms with E-state index in [-0.39, 0.29) is 5.56 Å². The fourth-order valence-electron chi connectivity index (χ4n) is 0.967. The minimum atomic E-state index is -1.44. The van der Waals surface area contributed by atoms with Gasteiger partial charge in [-0.25, -0.2) is 4.79 Å². The molecule has 70 valence electrons. The Balaban J connectivity index is 3.13. The van der Waals surface area contributed by atoms with Crippen LogP contribution in [0.3, 0.4) is 0 Å². The van der Waals surface area contributed by atoms with Gasteiger partial charge in [-0.15, -0.1) is 0 Å². The van der Waals surface area contributed by atoms with Gasteiger partial charge >= 0.3 is 5.97 Å². The molecule has 0 unspecified atom stereocenters. The third-order valence-corrected chi connectivity index (χ3v) is 3.86. The van der Waals surface area contributed by atoms with Crippen LogP contribution in [0, 0.1) is 0 Å². The summed E-state index contributed by atoms with van der Waals surface area (Å²) >= 11 is 0. The molecule has 0 aliphatic rings. The highest BCUT2D eigenvalue weighted by molar-refractivity contribution is 6.88. The summed E-state index contributed by atoms with van der Waals surface area (Å²) in [5.74, 6) is -0.910. The first-order valence-corrected chi connectivity index (χ1v) is 7.60. The molecule has 0 aliphatic heterocycles. The second-order valence-electron chi connectivity index (χ2n) is 4.02. The first-order chi connectivity index (χ1) is 5.91. The second-order valence-corrected chi connectivity index (χ2v) is 9.09. The summed E-state index contributed by atoms with van der Waals surface area (Å²) in [6.45, 7) is 6.49. The smallest absolute Gasteiger partial charge is 0.337 e. The van der Waals surface area contributed by atoms with Gasteiger partial charge in [-0.3, -0.25) is 4.98 Å². The van der Waals surface area contributed by atoms with Crippen LogP contribution in [-0.2, 0) is 0 Å². The molecule has 13 heavy (non-hydrogen) atoms. The summed E-state index contributed by atoms with van der Waals surface area (Å²) in [4.78, 5) is 14.6. The normalized spacial score (nSPS) is 11.3. The van der Waals surface area contributed by atoms with E-state index in [0.29, 0.717) is 0 Å². The van der Waals surface area contributed by atoms with Gasteiger partial charge in [-0.2, -0.15) is 0 Å². The summed E-state index contributed by atoms with van der Waals surface area (Å²) in [5, 5.41) is 9.83. The number of aromatic carboxylic acids is 1. The van der Waals surface area contributed by atoms with Crippen molar-refractivity contribution in [3.8, 4) is 0 Å². The van der Waals surface area contributed by atoms with E-state index in [4.69, 9.17) is 5.11 Å². The molecule has 0 spiro atoms. The van der Waals surface area contributed by atoms with Crippen molar-refractivity contribution in [2.75, 3.05) is 0 Å². The molecule has 1 N–H and O–H groups in total. The SMILES string of the molecule is C[Si](C)(C)c1cncc(C(=O)O)c1. The number of rotatable bonds is 2. The highest BCUT2D eigenvalue weighted by Crippen LogP contribution is 2.03. The van der Waals surface area contributed by atoms with Crippen molar-refractivity contribution >= 4 is 19.2 Å². The van der Waals surface area contributed by atoms with Gasteiger partial charge in [-0.05, 0) is 11.3 Å². The lowest BCUT2D eigenvalue weighted by Gasteiger charge is -2.15. The van der Waals surface area contributed by atoms with Crippen LogP contribution >= 0.6 is 0 Å².